The quantitative estimate of drug-likeness (QED) is 0.654. The number of ether oxygens (including phenoxy) is 2. The molecule has 1 aromatic rings. The lowest BCUT2D eigenvalue weighted by molar-refractivity contribution is -0.0431. The molecule has 0 spiro atoms. The van der Waals surface area contributed by atoms with Crippen molar-refractivity contribution in [1.82, 2.24) is 0 Å². The third-order valence-electron chi connectivity index (χ3n) is 3.81. The van der Waals surface area contributed by atoms with Crippen LogP contribution in [-0.4, -0.2) is 11.8 Å². The second-order valence-electron chi connectivity index (χ2n) is 6.51. The fourth-order valence-electron chi connectivity index (χ4n) is 2.72. The summed E-state index contributed by atoms with van der Waals surface area (Å²) in [7, 11) is 0. The SMILES string of the molecule is CCCCCCCC(C)Nc1ccc2c(c1)OC(C)(C)O2. The largest absolute Gasteiger partial charge is 0.449 e. The summed E-state index contributed by atoms with van der Waals surface area (Å²) in [5.41, 5.74) is 1.11. The van der Waals surface area contributed by atoms with Crippen molar-refractivity contribution in [3.63, 3.8) is 0 Å². The number of nitrogens with one attached hydrogen (secondary N) is 1. The Morgan fingerprint density at radius 3 is 2.52 bits per heavy atom. The third kappa shape index (κ3) is 4.83. The lowest BCUT2D eigenvalue weighted by Gasteiger charge is -2.16. The van der Waals surface area contributed by atoms with Crippen molar-refractivity contribution in [2.75, 3.05) is 5.32 Å². The smallest absolute Gasteiger partial charge is 0.246 e. The first kappa shape index (κ1) is 16.0. The van der Waals surface area contributed by atoms with Gasteiger partial charge < -0.3 is 14.8 Å². The standard InChI is InChI=1S/C18H29NO2/c1-5-6-7-8-9-10-14(2)19-15-11-12-16-17(13-15)21-18(3,4)20-16/h11-14,19H,5-10H2,1-4H3. The van der Waals surface area contributed by atoms with Crippen molar-refractivity contribution in [2.45, 2.75) is 78.0 Å². The maximum absolute atomic E-state index is 5.78. The topological polar surface area (TPSA) is 30.5 Å². The minimum atomic E-state index is -0.550. The number of benzene rings is 1. The van der Waals surface area contributed by atoms with E-state index in [4.69, 9.17) is 9.47 Å². The number of hydrogen-bond acceptors (Lipinski definition) is 3. The molecule has 0 aliphatic carbocycles. The molecule has 0 radical (unpaired) electrons. The van der Waals surface area contributed by atoms with E-state index in [9.17, 15) is 0 Å². The molecule has 1 aliphatic rings. The van der Waals surface area contributed by atoms with Crippen LogP contribution < -0.4 is 14.8 Å². The highest BCUT2D eigenvalue weighted by molar-refractivity contribution is 5.56. The number of fused-ring (bicyclic) bond motifs is 1. The maximum Gasteiger partial charge on any atom is 0.246 e. The predicted octanol–water partition coefficient (Wildman–Crippen LogP) is 5.35. The Hall–Kier alpha value is -1.38. The zero-order valence-corrected chi connectivity index (χ0v) is 13.9. The number of anilines is 1. The molecular weight excluding hydrogens is 262 g/mol. The van der Waals surface area contributed by atoms with Crippen molar-refractivity contribution >= 4 is 5.69 Å². The zero-order valence-electron chi connectivity index (χ0n) is 13.9. The molecule has 2 rings (SSSR count). The van der Waals surface area contributed by atoms with Crippen LogP contribution in [0.2, 0.25) is 0 Å². The van der Waals surface area contributed by atoms with Gasteiger partial charge in [0.2, 0.25) is 5.79 Å². The van der Waals surface area contributed by atoms with Crippen molar-refractivity contribution in [1.29, 1.82) is 0 Å². The van der Waals surface area contributed by atoms with E-state index >= 15 is 0 Å². The summed E-state index contributed by atoms with van der Waals surface area (Å²) in [5.74, 6) is 1.11. The molecule has 0 saturated heterocycles. The second kappa shape index (κ2) is 7.06. The molecule has 0 aromatic heterocycles. The van der Waals surface area contributed by atoms with E-state index in [0.29, 0.717) is 6.04 Å². The Morgan fingerprint density at radius 1 is 1.05 bits per heavy atom. The predicted molar refractivity (Wildman–Crippen MR) is 88.2 cm³/mol. The minimum absolute atomic E-state index is 0.486. The van der Waals surface area contributed by atoms with E-state index < -0.39 is 5.79 Å². The summed E-state index contributed by atoms with van der Waals surface area (Å²) in [6.45, 7) is 8.36. The average Bonchev–Trinajstić information content (AvgIpc) is 2.71. The number of unbranched alkanes of at least 4 members (excludes halogenated alkanes) is 4. The molecule has 1 N–H and O–H groups in total. The first-order chi connectivity index (χ1) is 10.00. The van der Waals surface area contributed by atoms with E-state index in [-0.39, 0.29) is 0 Å². The molecular formula is C18H29NO2. The Kier molecular flexibility index (Phi) is 5.38. The molecule has 0 saturated carbocycles. The molecule has 3 nitrogen and oxygen atoms in total. The Labute approximate surface area is 129 Å². The van der Waals surface area contributed by atoms with Crippen LogP contribution in [-0.2, 0) is 0 Å². The summed E-state index contributed by atoms with van der Waals surface area (Å²) >= 11 is 0. The van der Waals surface area contributed by atoms with Crippen LogP contribution in [0.25, 0.3) is 0 Å². The van der Waals surface area contributed by atoms with Gasteiger partial charge in [0, 0.05) is 31.6 Å². The molecule has 0 fully saturated rings. The summed E-state index contributed by atoms with van der Waals surface area (Å²) in [6, 6.07) is 6.58. The van der Waals surface area contributed by atoms with Gasteiger partial charge >= 0.3 is 0 Å². The van der Waals surface area contributed by atoms with E-state index in [1.807, 2.05) is 26.0 Å². The molecule has 3 heteroatoms. The van der Waals surface area contributed by atoms with Gasteiger partial charge in [-0.25, -0.2) is 0 Å². The molecule has 1 atom stereocenters. The zero-order chi connectivity index (χ0) is 15.3. The normalized spacial score (nSPS) is 16.8. The summed E-state index contributed by atoms with van der Waals surface area (Å²) in [6.07, 6.45) is 7.88. The molecule has 1 aliphatic heterocycles. The molecule has 1 aromatic carbocycles. The second-order valence-corrected chi connectivity index (χ2v) is 6.51. The average molecular weight is 291 g/mol. The van der Waals surface area contributed by atoms with E-state index in [1.54, 1.807) is 0 Å². The molecule has 21 heavy (non-hydrogen) atoms. The van der Waals surface area contributed by atoms with Gasteiger partial charge in [0.05, 0.1) is 0 Å². The summed E-state index contributed by atoms with van der Waals surface area (Å²) in [5, 5.41) is 3.55. The van der Waals surface area contributed by atoms with E-state index in [2.05, 4.69) is 25.2 Å². The molecule has 0 bridgehead atoms. The Morgan fingerprint density at radius 2 is 1.76 bits per heavy atom. The first-order valence-corrected chi connectivity index (χ1v) is 8.29. The molecule has 1 heterocycles. The van der Waals surface area contributed by atoms with Crippen LogP contribution in [0.15, 0.2) is 18.2 Å². The fourth-order valence-corrected chi connectivity index (χ4v) is 2.72. The maximum atomic E-state index is 5.78. The van der Waals surface area contributed by atoms with Crippen LogP contribution in [0, 0.1) is 0 Å². The van der Waals surface area contributed by atoms with Crippen molar-refractivity contribution in [3.8, 4) is 11.5 Å². The number of rotatable bonds is 8. The minimum Gasteiger partial charge on any atom is -0.449 e. The van der Waals surface area contributed by atoms with Gasteiger partial charge in [-0.15, -0.1) is 0 Å². The molecule has 0 amide bonds. The van der Waals surface area contributed by atoms with Gasteiger partial charge in [0.1, 0.15) is 0 Å². The molecule has 118 valence electrons. The van der Waals surface area contributed by atoms with Gasteiger partial charge in [-0.05, 0) is 25.5 Å². The highest BCUT2D eigenvalue weighted by Crippen LogP contribution is 2.40. The highest BCUT2D eigenvalue weighted by atomic mass is 16.7. The third-order valence-corrected chi connectivity index (χ3v) is 3.81. The van der Waals surface area contributed by atoms with E-state index in [0.717, 1.165) is 17.2 Å². The monoisotopic (exact) mass is 291 g/mol. The van der Waals surface area contributed by atoms with E-state index in [1.165, 1.54) is 38.5 Å². The summed E-state index contributed by atoms with van der Waals surface area (Å²) < 4.78 is 11.5. The molecule has 1 unspecified atom stereocenters. The van der Waals surface area contributed by atoms with Crippen LogP contribution in [0.3, 0.4) is 0 Å². The fraction of sp³-hybridized carbons (Fsp3) is 0.667. The van der Waals surface area contributed by atoms with Gasteiger partial charge in [-0.1, -0.05) is 39.0 Å². The van der Waals surface area contributed by atoms with Gasteiger partial charge in [-0.3, -0.25) is 0 Å². The van der Waals surface area contributed by atoms with Crippen molar-refractivity contribution in [3.05, 3.63) is 18.2 Å². The Bertz CT molecular complexity index is 457. The van der Waals surface area contributed by atoms with Crippen LogP contribution in [0.5, 0.6) is 11.5 Å². The highest BCUT2D eigenvalue weighted by Gasteiger charge is 2.31. The van der Waals surface area contributed by atoms with Crippen LogP contribution in [0.1, 0.15) is 66.2 Å². The van der Waals surface area contributed by atoms with Crippen molar-refractivity contribution in [2.24, 2.45) is 0 Å². The lowest BCUT2D eigenvalue weighted by Crippen LogP contribution is -2.29. The van der Waals surface area contributed by atoms with Crippen molar-refractivity contribution < 1.29 is 9.47 Å². The first-order valence-electron chi connectivity index (χ1n) is 8.29. The summed E-state index contributed by atoms with van der Waals surface area (Å²) in [4.78, 5) is 0. The number of hydrogen-bond donors (Lipinski definition) is 1. The van der Waals surface area contributed by atoms with Gasteiger partial charge in [-0.2, -0.15) is 0 Å². The Balaban J connectivity index is 1.79. The van der Waals surface area contributed by atoms with Crippen LogP contribution >= 0.6 is 0 Å². The van der Waals surface area contributed by atoms with Crippen LogP contribution in [0.4, 0.5) is 5.69 Å². The van der Waals surface area contributed by atoms with Gasteiger partial charge in [0.15, 0.2) is 11.5 Å². The van der Waals surface area contributed by atoms with Gasteiger partial charge in [0.25, 0.3) is 0 Å². The lowest BCUT2D eigenvalue weighted by atomic mass is 10.1.